The molecular formula is C22H20N2O4. The second-order valence-corrected chi connectivity index (χ2v) is 6.28. The molecule has 0 atom stereocenters. The molecule has 0 aliphatic carbocycles. The summed E-state index contributed by atoms with van der Waals surface area (Å²) < 4.78 is 5.13. The van der Waals surface area contributed by atoms with Gasteiger partial charge < -0.3 is 15.1 Å². The molecule has 0 spiro atoms. The van der Waals surface area contributed by atoms with Gasteiger partial charge in [0.25, 0.3) is 5.91 Å². The van der Waals surface area contributed by atoms with Crippen LogP contribution in [0.2, 0.25) is 0 Å². The van der Waals surface area contributed by atoms with Crippen LogP contribution in [0.15, 0.2) is 71.3 Å². The van der Waals surface area contributed by atoms with Crippen molar-refractivity contribution in [1.82, 2.24) is 10.6 Å². The Kier molecular flexibility index (Phi) is 6.01. The number of amides is 2. The van der Waals surface area contributed by atoms with Crippen molar-refractivity contribution in [3.05, 3.63) is 94.9 Å². The van der Waals surface area contributed by atoms with Crippen molar-refractivity contribution in [2.75, 3.05) is 6.54 Å². The number of ketones is 1. The molecule has 2 aromatic carbocycles. The van der Waals surface area contributed by atoms with E-state index >= 15 is 0 Å². The first kappa shape index (κ1) is 19.1. The van der Waals surface area contributed by atoms with E-state index in [-0.39, 0.29) is 30.3 Å². The maximum atomic E-state index is 12.8. The van der Waals surface area contributed by atoms with Crippen LogP contribution < -0.4 is 10.6 Å². The molecule has 3 rings (SSSR count). The third kappa shape index (κ3) is 4.73. The van der Waals surface area contributed by atoms with Crippen LogP contribution in [0, 0.1) is 6.92 Å². The summed E-state index contributed by atoms with van der Waals surface area (Å²) >= 11 is 0. The first-order chi connectivity index (χ1) is 13.5. The van der Waals surface area contributed by atoms with Crippen LogP contribution in [0.1, 0.15) is 37.6 Å². The Morgan fingerprint density at radius 1 is 0.857 bits per heavy atom. The van der Waals surface area contributed by atoms with Crippen molar-refractivity contribution in [3.63, 3.8) is 0 Å². The molecule has 1 heterocycles. The minimum Gasteiger partial charge on any atom is -0.467 e. The second-order valence-electron chi connectivity index (χ2n) is 6.28. The first-order valence-corrected chi connectivity index (χ1v) is 8.82. The van der Waals surface area contributed by atoms with Gasteiger partial charge in [-0.15, -0.1) is 0 Å². The second kappa shape index (κ2) is 8.81. The third-order valence-electron chi connectivity index (χ3n) is 4.18. The molecule has 3 aromatic rings. The predicted octanol–water partition coefficient (Wildman–Crippen LogP) is 2.87. The van der Waals surface area contributed by atoms with E-state index in [4.69, 9.17) is 4.42 Å². The number of carbonyl (C=O) groups excluding carboxylic acids is 3. The maximum absolute atomic E-state index is 12.8. The largest absolute Gasteiger partial charge is 0.467 e. The highest BCUT2D eigenvalue weighted by molar-refractivity contribution is 6.15. The fourth-order valence-electron chi connectivity index (χ4n) is 2.66. The van der Waals surface area contributed by atoms with E-state index in [9.17, 15) is 14.4 Å². The zero-order chi connectivity index (χ0) is 19.9. The molecule has 6 heteroatoms. The Morgan fingerprint density at radius 2 is 1.57 bits per heavy atom. The summed E-state index contributed by atoms with van der Waals surface area (Å²) in [6, 6.07) is 17.2. The molecule has 6 nitrogen and oxygen atoms in total. The Morgan fingerprint density at radius 3 is 2.25 bits per heavy atom. The van der Waals surface area contributed by atoms with Gasteiger partial charge in [0.1, 0.15) is 5.76 Å². The Hall–Kier alpha value is -3.67. The molecule has 1 aromatic heterocycles. The van der Waals surface area contributed by atoms with Gasteiger partial charge in [-0.05, 0) is 25.1 Å². The number of carbonyl (C=O) groups is 3. The van der Waals surface area contributed by atoms with Crippen LogP contribution in [-0.4, -0.2) is 24.1 Å². The normalized spacial score (nSPS) is 10.3. The molecule has 2 N–H and O–H groups in total. The lowest BCUT2D eigenvalue weighted by Crippen LogP contribution is -2.37. The summed E-state index contributed by atoms with van der Waals surface area (Å²) in [7, 11) is 0. The molecule has 0 aliphatic rings. The average Bonchev–Trinajstić information content (AvgIpc) is 3.24. The van der Waals surface area contributed by atoms with Crippen LogP contribution in [0.5, 0.6) is 0 Å². The van der Waals surface area contributed by atoms with E-state index in [1.165, 1.54) is 6.26 Å². The standard InChI is InChI=1S/C22H20N2O4/c1-15-8-10-16(11-9-15)21(26)18-6-2-3-7-19(18)22(27)24-14-20(25)23-13-17-5-4-12-28-17/h2-12H,13-14H2,1H3,(H,23,25)(H,24,27). The van der Waals surface area contributed by atoms with Crippen LogP contribution in [0.3, 0.4) is 0 Å². The van der Waals surface area contributed by atoms with E-state index in [0.717, 1.165) is 5.56 Å². The quantitative estimate of drug-likeness (QED) is 0.621. The molecule has 142 valence electrons. The van der Waals surface area contributed by atoms with Gasteiger partial charge in [-0.1, -0.05) is 48.0 Å². The Bertz CT molecular complexity index is 976. The number of furan rings is 1. The average molecular weight is 376 g/mol. The van der Waals surface area contributed by atoms with E-state index in [1.54, 1.807) is 48.5 Å². The highest BCUT2D eigenvalue weighted by Crippen LogP contribution is 2.15. The van der Waals surface area contributed by atoms with Gasteiger partial charge >= 0.3 is 0 Å². The minimum atomic E-state index is -0.482. The van der Waals surface area contributed by atoms with Gasteiger partial charge in [0.05, 0.1) is 24.9 Å². The van der Waals surface area contributed by atoms with Crippen LogP contribution in [0.25, 0.3) is 0 Å². The maximum Gasteiger partial charge on any atom is 0.252 e. The van der Waals surface area contributed by atoms with Crippen molar-refractivity contribution < 1.29 is 18.8 Å². The molecule has 0 radical (unpaired) electrons. The van der Waals surface area contributed by atoms with Crippen molar-refractivity contribution in [1.29, 1.82) is 0 Å². The van der Waals surface area contributed by atoms with Crippen LogP contribution >= 0.6 is 0 Å². The van der Waals surface area contributed by atoms with Gasteiger partial charge in [0, 0.05) is 11.1 Å². The monoisotopic (exact) mass is 376 g/mol. The topological polar surface area (TPSA) is 88.4 Å². The summed E-state index contributed by atoms with van der Waals surface area (Å²) in [6.07, 6.45) is 1.52. The van der Waals surface area contributed by atoms with Gasteiger partial charge in [0.2, 0.25) is 5.91 Å². The van der Waals surface area contributed by atoms with E-state index in [0.29, 0.717) is 16.9 Å². The zero-order valence-corrected chi connectivity index (χ0v) is 15.4. The fraction of sp³-hybridized carbons (Fsp3) is 0.136. The number of benzene rings is 2. The third-order valence-corrected chi connectivity index (χ3v) is 4.18. The minimum absolute atomic E-state index is 0.202. The lowest BCUT2D eigenvalue weighted by Gasteiger charge is -2.10. The number of hydrogen-bond donors (Lipinski definition) is 2. The van der Waals surface area contributed by atoms with E-state index in [2.05, 4.69) is 10.6 Å². The molecule has 0 fully saturated rings. The molecule has 0 saturated heterocycles. The van der Waals surface area contributed by atoms with E-state index in [1.807, 2.05) is 19.1 Å². The summed E-state index contributed by atoms with van der Waals surface area (Å²) in [6.45, 7) is 1.98. The molecule has 0 unspecified atom stereocenters. The predicted molar refractivity (Wildman–Crippen MR) is 104 cm³/mol. The number of aryl methyl sites for hydroxylation is 1. The molecule has 0 bridgehead atoms. The van der Waals surface area contributed by atoms with Gasteiger partial charge in [-0.3, -0.25) is 14.4 Å². The molecular weight excluding hydrogens is 356 g/mol. The zero-order valence-electron chi connectivity index (χ0n) is 15.4. The summed E-state index contributed by atoms with van der Waals surface area (Å²) in [4.78, 5) is 37.2. The Balaban J connectivity index is 1.64. The lowest BCUT2D eigenvalue weighted by molar-refractivity contribution is -0.120. The number of hydrogen-bond acceptors (Lipinski definition) is 4. The van der Waals surface area contributed by atoms with Crippen molar-refractivity contribution in [2.24, 2.45) is 0 Å². The van der Waals surface area contributed by atoms with E-state index < -0.39 is 5.91 Å². The molecule has 28 heavy (non-hydrogen) atoms. The van der Waals surface area contributed by atoms with Crippen LogP contribution in [-0.2, 0) is 11.3 Å². The van der Waals surface area contributed by atoms with Gasteiger partial charge in [0.15, 0.2) is 5.78 Å². The van der Waals surface area contributed by atoms with Crippen LogP contribution in [0.4, 0.5) is 0 Å². The summed E-state index contributed by atoms with van der Waals surface area (Å²) in [5, 5.41) is 5.20. The van der Waals surface area contributed by atoms with Crippen molar-refractivity contribution >= 4 is 17.6 Å². The van der Waals surface area contributed by atoms with Gasteiger partial charge in [-0.2, -0.15) is 0 Å². The lowest BCUT2D eigenvalue weighted by atomic mass is 9.97. The fourth-order valence-corrected chi connectivity index (χ4v) is 2.66. The highest BCUT2D eigenvalue weighted by Gasteiger charge is 2.18. The highest BCUT2D eigenvalue weighted by atomic mass is 16.3. The molecule has 2 amide bonds. The molecule has 0 saturated carbocycles. The number of rotatable bonds is 7. The Labute approximate surface area is 162 Å². The number of nitrogens with one attached hydrogen (secondary N) is 2. The van der Waals surface area contributed by atoms with Crippen molar-refractivity contribution in [3.8, 4) is 0 Å². The summed E-state index contributed by atoms with van der Waals surface area (Å²) in [5.74, 6) is -0.460. The van der Waals surface area contributed by atoms with Crippen molar-refractivity contribution in [2.45, 2.75) is 13.5 Å². The summed E-state index contributed by atoms with van der Waals surface area (Å²) in [5.41, 5.74) is 2.07. The SMILES string of the molecule is Cc1ccc(C(=O)c2ccccc2C(=O)NCC(=O)NCc2ccco2)cc1. The smallest absolute Gasteiger partial charge is 0.252 e. The molecule has 0 aliphatic heterocycles. The first-order valence-electron chi connectivity index (χ1n) is 8.82. The van der Waals surface area contributed by atoms with Gasteiger partial charge in [-0.25, -0.2) is 0 Å².